The molecule has 0 amide bonds. The number of hydrogen-bond acceptors (Lipinski definition) is 4. The summed E-state index contributed by atoms with van der Waals surface area (Å²) in [4.78, 5) is 2.48. The van der Waals surface area contributed by atoms with E-state index in [1.165, 1.54) is 18.4 Å². The third-order valence-electron chi connectivity index (χ3n) is 3.86. The minimum absolute atomic E-state index is 0.600. The molecule has 1 aromatic rings. The Bertz CT molecular complexity index is 454. The first-order valence-corrected chi connectivity index (χ1v) is 7.77. The van der Waals surface area contributed by atoms with Crippen LogP contribution in [0, 0.1) is 0 Å². The van der Waals surface area contributed by atoms with Crippen LogP contribution in [0.3, 0.4) is 0 Å². The predicted octanol–water partition coefficient (Wildman–Crippen LogP) is 2.65. The van der Waals surface area contributed by atoms with Gasteiger partial charge in [0, 0.05) is 23.6 Å². The van der Waals surface area contributed by atoms with Crippen molar-refractivity contribution in [2.75, 3.05) is 34.4 Å². The van der Waals surface area contributed by atoms with E-state index in [9.17, 15) is 0 Å². The number of rotatable bonds is 5. The lowest BCUT2D eigenvalue weighted by molar-refractivity contribution is 0.187. The van der Waals surface area contributed by atoms with Gasteiger partial charge in [0.25, 0.3) is 0 Å². The number of likely N-dealkylation sites (tertiary alicyclic amines) is 1. The lowest BCUT2D eigenvalue weighted by Gasteiger charge is -2.32. The highest BCUT2D eigenvalue weighted by Crippen LogP contribution is 2.34. The summed E-state index contributed by atoms with van der Waals surface area (Å²) in [5.41, 5.74) is 1.24. The first-order valence-electron chi connectivity index (χ1n) is 6.98. The van der Waals surface area contributed by atoms with Gasteiger partial charge in [-0.15, -0.1) is 0 Å². The summed E-state index contributed by atoms with van der Waals surface area (Å²) in [5.74, 6) is 1.54. The number of halogens is 1. The average Bonchev–Trinajstić information content (AvgIpc) is 2.49. The van der Waals surface area contributed by atoms with Crippen molar-refractivity contribution < 1.29 is 9.47 Å². The summed E-state index contributed by atoms with van der Waals surface area (Å²) < 4.78 is 11.8. The summed E-state index contributed by atoms with van der Waals surface area (Å²) >= 11 is 3.63. The van der Waals surface area contributed by atoms with Crippen LogP contribution in [0.1, 0.15) is 18.4 Å². The van der Waals surface area contributed by atoms with Crippen molar-refractivity contribution in [2.45, 2.75) is 25.4 Å². The minimum atomic E-state index is 0.600. The molecule has 0 radical (unpaired) electrons. The van der Waals surface area contributed by atoms with Crippen LogP contribution in [0.15, 0.2) is 16.6 Å². The molecule has 1 unspecified atom stereocenters. The van der Waals surface area contributed by atoms with Crippen molar-refractivity contribution >= 4 is 15.9 Å². The molecule has 0 aromatic heterocycles. The van der Waals surface area contributed by atoms with E-state index in [-0.39, 0.29) is 0 Å². The number of nitrogens with zero attached hydrogens (tertiary/aromatic N) is 1. The zero-order chi connectivity index (χ0) is 14.5. The van der Waals surface area contributed by atoms with Crippen LogP contribution in [0.2, 0.25) is 0 Å². The maximum atomic E-state index is 5.39. The fraction of sp³-hybridized carbons (Fsp3) is 0.600. The molecule has 0 bridgehead atoms. The quantitative estimate of drug-likeness (QED) is 0.891. The second-order valence-corrected chi connectivity index (χ2v) is 6.02. The molecule has 1 aliphatic heterocycles. The van der Waals surface area contributed by atoms with Gasteiger partial charge in [-0.1, -0.05) is 15.9 Å². The molecule has 4 nitrogen and oxygen atoms in total. The van der Waals surface area contributed by atoms with Crippen LogP contribution in [0.25, 0.3) is 0 Å². The van der Waals surface area contributed by atoms with E-state index in [2.05, 4.69) is 32.2 Å². The highest BCUT2D eigenvalue weighted by molar-refractivity contribution is 9.10. The molecule has 5 heteroatoms. The monoisotopic (exact) mass is 342 g/mol. The Labute approximate surface area is 129 Å². The molecule has 1 aromatic carbocycles. The number of ether oxygens (including phenoxy) is 2. The van der Waals surface area contributed by atoms with Gasteiger partial charge in [-0.05, 0) is 44.1 Å². The van der Waals surface area contributed by atoms with Crippen molar-refractivity contribution in [3.05, 3.63) is 22.2 Å². The second-order valence-electron chi connectivity index (χ2n) is 5.16. The maximum Gasteiger partial charge on any atom is 0.161 e. The molecule has 1 atom stereocenters. The molecule has 1 saturated heterocycles. The van der Waals surface area contributed by atoms with Gasteiger partial charge >= 0.3 is 0 Å². The zero-order valence-corrected chi connectivity index (χ0v) is 14.0. The van der Waals surface area contributed by atoms with Gasteiger partial charge in [-0.3, -0.25) is 4.90 Å². The van der Waals surface area contributed by atoms with Crippen molar-refractivity contribution in [1.82, 2.24) is 10.2 Å². The first-order chi connectivity index (χ1) is 9.67. The molecule has 1 fully saturated rings. The van der Waals surface area contributed by atoms with Gasteiger partial charge in [0.15, 0.2) is 11.5 Å². The summed E-state index contributed by atoms with van der Waals surface area (Å²) in [6.07, 6.45) is 2.51. The molecule has 112 valence electrons. The number of hydrogen-bond donors (Lipinski definition) is 1. The first kappa shape index (κ1) is 15.6. The van der Waals surface area contributed by atoms with Crippen LogP contribution < -0.4 is 14.8 Å². The Balaban J connectivity index is 2.12. The third kappa shape index (κ3) is 3.65. The Morgan fingerprint density at radius 1 is 1.30 bits per heavy atom. The van der Waals surface area contributed by atoms with Gasteiger partial charge in [0.05, 0.1) is 14.2 Å². The van der Waals surface area contributed by atoms with Gasteiger partial charge in [0.1, 0.15) is 0 Å². The lowest BCUT2D eigenvalue weighted by atomic mass is 10.0. The number of benzene rings is 1. The molecule has 20 heavy (non-hydrogen) atoms. The molecule has 1 aliphatic rings. The molecule has 0 aliphatic carbocycles. The van der Waals surface area contributed by atoms with Gasteiger partial charge in [-0.2, -0.15) is 0 Å². The van der Waals surface area contributed by atoms with Crippen LogP contribution in [-0.2, 0) is 6.54 Å². The standard InChI is InChI=1S/C15H23BrN2O2/c1-17-12-5-4-6-18(10-12)9-11-7-14(19-2)15(20-3)8-13(11)16/h7-8,12,17H,4-6,9-10H2,1-3H3. The topological polar surface area (TPSA) is 33.7 Å². The summed E-state index contributed by atoms with van der Waals surface area (Å²) in [6, 6.07) is 4.64. The van der Waals surface area contributed by atoms with Crippen molar-refractivity contribution in [2.24, 2.45) is 0 Å². The van der Waals surface area contributed by atoms with E-state index in [4.69, 9.17) is 9.47 Å². The van der Waals surface area contributed by atoms with E-state index in [1.807, 2.05) is 13.1 Å². The van der Waals surface area contributed by atoms with E-state index < -0.39 is 0 Å². The molecular formula is C15H23BrN2O2. The van der Waals surface area contributed by atoms with Crippen LogP contribution in [-0.4, -0.2) is 45.3 Å². The van der Waals surface area contributed by atoms with E-state index >= 15 is 0 Å². The fourth-order valence-corrected chi connectivity index (χ4v) is 3.14. The third-order valence-corrected chi connectivity index (χ3v) is 4.60. The van der Waals surface area contributed by atoms with Gasteiger partial charge in [-0.25, -0.2) is 0 Å². The zero-order valence-electron chi connectivity index (χ0n) is 12.4. The molecule has 1 heterocycles. The predicted molar refractivity (Wildman–Crippen MR) is 84.6 cm³/mol. The largest absolute Gasteiger partial charge is 0.493 e. The summed E-state index contributed by atoms with van der Waals surface area (Å²) in [5, 5.41) is 3.38. The maximum absolute atomic E-state index is 5.39. The normalized spacial score (nSPS) is 19.9. The highest BCUT2D eigenvalue weighted by Gasteiger charge is 2.20. The minimum Gasteiger partial charge on any atom is -0.493 e. The van der Waals surface area contributed by atoms with E-state index in [0.717, 1.165) is 35.6 Å². The van der Waals surface area contributed by atoms with Crippen molar-refractivity contribution in [3.63, 3.8) is 0 Å². The fourth-order valence-electron chi connectivity index (χ4n) is 2.69. The van der Waals surface area contributed by atoms with Crippen molar-refractivity contribution in [1.29, 1.82) is 0 Å². The number of nitrogens with one attached hydrogen (secondary N) is 1. The van der Waals surface area contributed by atoms with E-state index in [0.29, 0.717) is 6.04 Å². The Kier molecular flexibility index (Phi) is 5.69. The van der Waals surface area contributed by atoms with E-state index in [1.54, 1.807) is 14.2 Å². The molecule has 1 N–H and O–H groups in total. The van der Waals surface area contributed by atoms with Crippen molar-refractivity contribution in [3.8, 4) is 11.5 Å². The highest BCUT2D eigenvalue weighted by atomic mass is 79.9. The summed E-state index contributed by atoms with van der Waals surface area (Å²) in [6.45, 7) is 3.18. The molecular weight excluding hydrogens is 320 g/mol. The average molecular weight is 343 g/mol. The number of piperidine rings is 1. The smallest absolute Gasteiger partial charge is 0.161 e. The lowest BCUT2D eigenvalue weighted by Crippen LogP contribution is -2.43. The SMILES string of the molecule is CNC1CCCN(Cc2cc(OC)c(OC)cc2Br)C1. The van der Waals surface area contributed by atoms with Crippen LogP contribution in [0.5, 0.6) is 11.5 Å². The van der Waals surface area contributed by atoms with Crippen LogP contribution >= 0.6 is 15.9 Å². The second kappa shape index (κ2) is 7.29. The molecule has 0 spiro atoms. The number of likely N-dealkylation sites (N-methyl/N-ethyl adjacent to an activating group) is 1. The Morgan fingerprint density at radius 3 is 2.65 bits per heavy atom. The summed E-state index contributed by atoms with van der Waals surface area (Å²) in [7, 11) is 5.38. The molecule has 2 rings (SSSR count). The van der Waals surface area contributed by atoms with Crippen LogP contribution in [0.4, 0.5) is 0 Å². The van der Waals surface area contributed by atoms with Gasteiger partial charge < -0.3 is 14.8 Å². The van der Waals surface area contributed by atoms with Gasteiger partial charge in [0.2, 0.25) is 0 Å². The molecule has 0 saturated carbocycles. The Morgan fingerprint density at radius 2 is 2.00 bits per heavy atom. The number of methoxy groups -OCH3 is 2. The Hall–Kier alpha value is -0.780.